The SMILES string of the molecule is COc1cc(C)c(C(N)C2(CN)CCC2)cc1OC. The molecular weight excluding hydrogens is 240 g/mol. The molecule has 1 atom stereocenters. The van der Waals surface area contributed by atoms with Crippen molar-refractivity contribution in [2.75, 3.05) is 20.8 Å². The van der Waals surface area contributed by atoms with Gasteiger partial charge in [-0.05, 0) is 49.6 Å². The van der Waals surface area contributed by atoms with Crippen LogP contribution in [0.15, 0.2) is 12.1 Å². The summed E-state index contributed by atoms with van der Waals surface area (Å²) in [6, 6.07) is 3.94. The molecule has 4 heteroatoms. The second-order valence-electron chi connectivity index (χ2n) is 5.46. The van der Waals surface area contributed by atoms with Gasteiger partial charge in [0.1, 0.15) is 0 Å². The summed E-state index contributed by atoms with van der Waals surface area (Å²) in [7, 11) is 3.29. The van der Waals surface area contributed by atoms with E-state index in [-0.39, 0.29) is 11.5 Å². The Balaban J connectivity index is 2.39. The van der Waals surface area contributed by atoms with Crippen molar-refractivity contribution in [3.63, 3.8) is 0 Å². The Kier molecular flexibility index (Phi) is 4.02. The fraction of sp³-hybridized carbons (Fsp3) is 0.600. The van der Waals surface area contributed by atoms with Crippen LogP contribution in [0, 0.1) is 12.3 Å². The number of methoxy groups -OCH3 is 2. The Morgan fingerprint density at radius 2 is 1.79 bits per heavy atom. The van der Waals surface area contributed by atoms with E-state index in [0.29, 0.717) is 6.54 Å². The van der Waals surface area contributed by atoms with E-state index in [9.17, 15) is 0 Å². The summed E-state index contributed by atoms with van der Waals surface area (Å²) < 4.78 is 10.7. The summed E-state index contributed by atoms with van der Waals surface area (Å²) in [5.74, 6) is 1.47. The molecule has 4 nitrogen and oxygen atoms in total. The lowest BCUT2D eigenvalue weighted by Gasteiger charge is -2.46. The van der Waals surface area contributed by atoms with Gasteiger partial charge in [-0.3, -0.25) is 0 Å². The Labute approximate surface area is 115 Å². The molecule has 0 aliphatic heterocycles. The molecular formula is C15H24N2O2. The van der Waals surface area contributed by atoms with E-state index >= 15 is 0 Å². The smallest absolute Gasteiger partial charge is 0.161 e. The minimum absolute atomic E-state index is 0.0361. The minimum Gasteiger partial charge on any atom is -0.493 e. The largest absolute Gasteiger partial charge is 0.493 e. The molecule has 106 valence electrons. The van der Waals surface area contributed by atoms with Crippen LogP contribution >= 0.6 is 0 Å². The molecule has 0 bridgehead atoms. The van der Waals surface area contributed by atoms with E-state index in [0.717, 1.165) is 35.5 Å². The molecule has 0 saturated heterocycles. The van der Waals surface area contributed by atoms with Crippen LogP contribution in [0.2, 0.25) is 0 Å². The number of nitrogens with two attached hydrogens (primary N) is 2. The van der Waals surface area contributed by atoms with Crippen molar-refractivity contribution in [1.29, 1.82) is 0 Å². The van der Waals surface area contributed by atoms with Gasteiger partial charge in [0.05, 0.1) is 14.2 Å². The van der Waals surface area contributed by atoms with Crippen LogP contribution in [0.5, 0.6) is 11.5 Å². The van der Waals surface area contributed by atoms with Crippen LogP contribution in [-0.2, 0) is 0 Å². The molecule has 0 aromatic heterocycles. The highest BCUT2D eigenvalue weighted by molar-refractivity contribution is 5.48. The van der Waals surface area contributed by atoms with E-state index in [2.05, 4.69) is 6.92 Å². The Morgan fingerprint density at radius 3 is 2.21 bits per heavy atom. The first-order valence-corrected chi connectivity index (χ1v) is 6.76. The summed E-state index contributed by atoms with van der Waals surface area (Å²) in [6.07, 6.45) is 3.44. The van der Waals surface area contributed by atoms with E-state index in [1.54, 1.807) is 14.2 Å². The molecule has 1 aliphatic rings. The highest BCUT2D eigenvalue weighted by atomic mass is 16.5. The third-order valence-electron chi connectivity index (χ3n) is 4.52. The van der Waals surface area contributed by atoms with E-state index in [1.807, 2.05) is 12.1 Å². The topological polar surface area (TPSA) is 70.5 Å². The van der Waals surface area contributed by atoms with Crippen molar-refractivity contribution in [1.82, 2.24) is 0 Å². The van der Waals surface area contributed by atoms with Gasteiger partial charge in [0.25, 0.3) is 0 Å². The zero-order valence-electron chi connectivity index (χ0n) is 12.0. The quantitative estimate of drug-likeness (QED) is 0.854. The first kappa shape index (κ1) is 14.2. The molecule has 2 rings (SSSR count). The van der Waals surface area contributed by atoms with E-state index < -0.39 is 0 Å². The van der Waals surface area contributed by atoms with Crippen LogP contribution in [-0.4, -0.2) is 20.8 Å². The normalized spacial score (nSPS) is 18.6. The first-order valence-electron chi connectivity index (χ1n) is 6.76. The number of benzene rings is 1. The summed E-state index contributed by atoms with van der Waals surface area (Å²) in [6.45, 7) is 2.70. The highest BCUT2D eigenvalue weighted by Crippen LogP contribution is 2.49. The Morgan fingerprint density at radius 1 is 1.21 bits per heavy atom. The van der Waals surface area contributed by atoms with Crippen molar-refractivity contribution in [3.05, 3.63) is 23.3 Å². The molecule has 1 aromatic carbocycles. The molecule has 1 aliphatic carbocycles. The lowest BCUT2D eigenvalue weighted by molar-refractivity contribution is 0.104. The monoisotopic (exact) mass is 264 g/mol. The van der Waals surface area contributed by atoms with Crippen LogP contribution in [0.25, 0.3) is 0 Å². The predicted molar refractivity (Wildman–Crippen MR) is 76.5 cm³/mol. The number of hydrogen-bond acceptors (Lipinski definition) is 4. The molecule has 1 aromatic rings. The molecule has 0 spiro atoms. The zero-order valence-corrected chi connectivity index (χ0v) is 12.0. The number of aryl methyl sites for hydroxylation is 1. The summed E-state index contributed by atoms with van der Waals surface area (Å²) in [5, 5.41) is 0. The third-order valence-corrected chi connectivity index (χ3v) is 4.52. The van der Waals surface area contributed by atoms with Gasteiger partial charge in [0, 0.05) is 11.5 Å². The zero-order chi connectivity index (χ0) is 14.0. The van der Waals surface area contributed by atoms with Crippen molar-refractivity contribution in [2.24, 2.45) is 16.9 Å². The molecule has 1 saturated carbocycles. The second kappa shape index (κ2) is 5.39. The maximum Gasteiger partial charge on any atom is 0.161 e. The van der Waals surface area contributed by atoms with Gasteiger partial charge >= 0.3 is 0 Å². The Bertz CT molecular complexity index is 450. The summed E-state index contributed by atoms with van der Waals surface area (Å²) >= 11 is 0. The van der Waals surface area contributed by atoms with Gasteiger partial charge in [0.15, 0.2) is 11.5 Å². The highest BCUT2D eigenvalue weighted by Gasteiger charge is 2.42. The molecule has 0 amide bonds. The van der Waals surface area contributed by atoms with Crippen molar-refractivity contribution in [3.8, 4) is 11.5 Å². The van der Waals surface area contributed by atoms with Gasteiger partial charge in [-0.15, -0.1) is 0 Å². The van der Waals surface area contributed by atoms with Gasteiger partial charge in [-0.2, -0.15) is 0 Å². The van der Waals surface area contributed by atoms with Gasteiger partial charge in [-0.25, -0.2) is 0 Å². The lowest BCUT2D eigenvalue weighted by Crippen LogP contribution is -2.46. The lowest BCUT2D eigenvalue weighted by atomic mass is 9.62. The van der Waals surface area contributed by atoms with Crippen molar-refractivity contribution in [2.45, 2.75) is 32.2 Å². The van der Waals surface area contributed by atoms with E-state index in [4.69, 9.17) is 20.9 Å². The summed E-state index contributed by atoms with van der Waals surface area (Å²) in [4.78, 5) is 0. The molecule has 19 heavy (non-hydrogen) atoms. The fourth-order valence-electron chi connectivity index (χ4n) is 2.93. The average molecular weight is 264 g/mol. The molecule has 4 N–H and O–H groups in total. The molecule has 1 unspecified atom stereocenters. The number of rotatable bonds is 5. The summed E-state index contributed by atoms with van der Waals surface area (Å²) in [5.41, 5.74) is 14.7. The van der Waals surface area contributed by atoms with Gasteiger partial charge in [-0.1, -0.05) is 6.42 Å². The van der Waals surface area contributed by atoms with Crippen LogP contribution in [0.3, 0.4) is 0 Å². The minimum atomic E-state index is -0.0361. The van der Waals surface area contributed by atoms with Crippen molar-refractivity contribution < 1.29 is 9.47 Å². The molecule has 0 heterocycles. The van der Waals surface area contributed by atoms with Crippen LogP contribution in [0.4, 0.5) is 0 Å². The van der Waals surface area contributed by atoms with Gasteiger partial charge in [0.2, 0.25) is 0 Å². The Hall–Kier alpha value is -1.26. The van der Waals surface area contributed by atoms with Crippen LogP contribution < -0.4 is 20.9 Å². The second-order valence-corrected chi connectivity index (χ2v) is 5.46. The number of ether oxygens (including phenoxy) is 2. The van der Waals surface area contributed by atoms with Gasteiger partial charge < -0.3 is 20.9 Å². The maximum atomic E-state index is 6.49. The standard InChI is InChI=1S/C15H24N2O2/c1-10-7-12(18-2)13(19-3)8-11(10)14(17)15(9-16)5-4-6-15/h7-8,14H,4-6,9,16-17H2,1-3H3. The number of hydrogen-bond donors (Lipinski definition) is 2. The average Bonchev–Trinajstić information content (AvgIpc) is 2.37. The van der Waals surface area contributed by atoms with Crippen molar-refractivity contribution >= 4 is 0 Å². The van der Waals surface area contributed by atoms with Crippen LogP contribution in [0.1, 0.15) is 36.4 Å². The molecule has 1 fully saturated rings. The fourth-order valence-corrected chi connectivity index (χ4v) is 2.93. The van der Waals surface area contributed by atoms with E-state index in [1.165, 1.54) is 6.42 Å². The maximum absolute atomic E-state index is 6.49. The third kappa shape index (κ3) is 2.30. The molecule has 0 radical (unpaired) electrons. The first-order chi connectivity index (χ1) is 9.07. The predicted octanol–water partition coefficient (Wildman–Crippen LogP) is 2.14.